The summed E-state index contributed by atoms with van der Waals surface area (Å²) in [4.78, 5) is 2.33. The molecule has 0 spiro atoms. The molecular formula is C23H27F2N5. The maximum absolute atomic E-state index is 14.7. The molecule has 1 N–H and O–H groups in total. The molecule has 0 amide bonds. The lowest BCUT2D eigenvalue weighted by Gasteiger charge is -2.22. The highest BCUT2D eigenvalue weighted by Gasteiger charge is 2.31. The highest BCUT2D eigenvalue weighted by atomic mass is 19.1. The van der Waals surface area contributed by atoms with Crippen LogP contribution in [-0.4, -0.2) is 39.3 Å². The van der Waals surface area contributed by atoms with Gasteiger partial charge in [-0.1, -0.05) is 32.0 Å². The molecule has 1 aromatic heterocycles. The minimum Gasteiger partial charge on any atom is -0.303 e. The van der Waals surface area contributed by atoms with E-state index < -0.39 is 6.04 Å². The van der Waals surface area contributed by atoms with Crippen molar-refractivity contribution in [3.05, 3.63) is 76.9 Å². The number of nitrogens with zero attached hydrogens (tertiary/aromatic N) is 4. The molecule has 0 saturated carbocycles. The Morgan fingerprint density at radius 3 is 2.53 bits per heavy atom. The first kappa shape index (κ1) is 20.6. The Balaban J connectivity index is 1.83. The first-order valence-corrected chi connectivity index (χ1v) is 10.5. The van der Waals surface area contributed by atoms with E-state index in [9.17, 15) is 8.78 Å². The van der Waals surface area contributed by atoms with Gasteiger partial charge in [0.25, 0.3) is 0 Å². The fourth-order valence-corrected chi connectivity index (χ4v) is 4.17. The van der Waals surface area contributed by atoms with Gasteiger partial charge in [-0.05, 0) is 44.3 Å². The Hall–Kier alpha value is -2.64. The molecule has 0 aliphatic carbocycles. The second-order valence-corrected chi connectivity index (χ2v) is 7.63. The normalized spacial score (nSPS) is 18.2. The van der Waals surface area contributed by atoms with Gasteiger partial charge in [-0.15, -0.1) is 10.2 Å². The second-order valence-electron chi connectivity index (χ2n) is 7.63. The maximum Gasteiger partial charge on any atom is 0.154 e. The third kappa shape index (κ3) is 3.75. The van der Waals surface area contributed by atoms with Crippen molar-refractivity contribution in [2.75, 3.05) is 19.6 Å². The molecular weight excluding hydrogens is 384 g/mol. The molecule has 2 aromatic carbocycles. The number of benzene rings is 2. The van der Waals surface area contributed by atoms with Crippen LogP contribution in [0.15, 0.2) is 42.5 Å². The molecule has 158 valence electrons. The van der Waals surface area contributed by atoms with Crippen molar-refractivity contribution in [2.45, 2.75) is 39.3 Å². The Labute approximate surface area is 175 Å². The number of hydrogen-bond donors (Lipinski definition) is 1. The topological polar surface area (TPSA) is 46.0 Å². The summed E-state index contributed by atoms with van der Waals surface area (Å²) in [6.07, 6.45) is 0.725. The van der Waals surface area contributed by atoms with E-state index in [0.717, 1.165) is 43.4 Å². The third-order valence-corrected chi connectivity index (χ3v) is 5.86. The first-order valence-electron chi connectivity index (χ1n) is 10.5. The summed E-state index contributed by atoms with van der Waals surface area (Å²) >= 11 is 0. The van der Waals surface area contributed by atoms with Gasteiger partial charge in [0.2, 0.25) is 0 Å². The van der Waals surface area contributed by atoms with Gasteiger partial charge >= 0.3 is 0 Å². The molecule has 1 aliphatic rings. The van der Waals surface area contributed by atoms with Crippen LogP contribution < -0.4 is 5.32 Å². The number of likely N-dealkylation sites (N-methyl/N-ethyl adjacent to an activating group) is 1. The van der Waals surface area contributed by atoms with Gasteiger partial charge in [-0.2, -0.15) is 0 Å². The molecule has 2 heterocycles. The minimum absolute atomic E-state index is 0.195. The molecule has 5 nitrogen and oxygen atoms in total. The molecule has 4 rings (SSSR count). The van der Waals surface area contributed by atoms with E-state index in [2.05, 4.69) is 34.3 Å². The van der Waals surface area contributed by atoms with Gasteiger partial charge in [0.05, 0.1) is 17.8 Å². The zero-order chi connectivity index (χ0) is 21.3. The zero-order valence-corrected chi connectivity index (χ0v) is 17.6. The number of hydrogen-bond acceptors (Lipinski definition) is 4. The lowest BCUT2D eigenvalue weighted by Crippen LogP contribution is -2.26. The lowest BCUT2D eigenvalue weighted by molar-refractivity contribution is 0.305. The minimum atomic E-state index is -0.496. The monoisotopic (exact) mass is 411 g/mol. The van der Waals surface area contributed by atoms with Gasteiger partial charge in [0, 0.05) is 24.1 Å². The van der Waals surface area contributed by atoms with Crippen molar-refractivity contribution in [2.24, 2.45) is 0 Å². The summed E-state index contributed by atoms with van der Waals surface area (Å²) < 4.78 is 31.0. The molecule has 7 heteroatoms. The number of fused-ring (bicyclic) bond motifs is 3. The molecule has 30 heavy (non-hydrogen) atoms. The van der Waals surface area contributed by atoms with Crippen LogP contribution in [0.4, 0.5) is 8.78 Å². The predicted octanol–water partition coefficient (Wildman–Crippen LogP) is 4.18. The second kappa shape index (κ2) is 8.62. The Bertz CT molecular complexity index is 1030. The van der Waals surface area contributed by atoms with Gasteiger partial charge in [0.1, 0.15) is 17.5 Å². The summed E-state index contributed by atoms with van der Waals surface area (Å²) in [6, 6.07) is 10.6. The smallest absolute Gasteiger partial charge is 0.154 e. The molecule has 2 atom stereocenters. The SMILES string of the molecule is CCN(CC)CCc1nnc2n1-c1ccc(F)cc1C(c1ccccc1F)NC2C. The van der Waals surface area contributed by atoms with E-state index in [1.54, 1.807) is 24.3 Å². The molecule has 1 aliphatic heterocycles. The van der Waals surface area contributed by atoms with Crippen LogP contribution in [0, 0.1) is 11.6 Å². The van der Waals surface area contributed by atoms with Crippen LogP contribution in [0.1, 0.15) is 55.6 Å². The maximum atomic E-state index is 14.7. The standard InChI is InChI=1S/C23H27F2N5/c1-4-29(5-2)13-12-21-27-28-23-15(3)26-22(17-8-6-7-9-19(17)25)18-14-16(24)10-11-20(18)30(21)23/h6-11,14-15,22,26H,4-5,12-13H2,1-3H3. The van der Waals surface area contributed by atoms with Gasteiger partial charge in [0.15, 0.2) is 5.82 Å². The van der Waals surface area contributed by atoms with Crippen molar-refractivity contribution < 1.29 is 8.78 Å². The van der Waals surface area contributed by atoms with Crippen molar-refractivity contribution in [3.8, 4) is 5.69 Å². The number of halogens is 2. The molecule has 2 unspecified atom stereocenters. The molecule has 0 bridgehead atoms. The Morgan fingerprint density at radius 2 is 1.80 bits per heavy atom. The Kier molecular flexibility index (Phi) is 5.92. The van der Waals surface area contributed by atoms with Crippen molar-refractivity contribution in [3.63, 3.8) is 0 Å². The van der Waals surface area contributed by atoms with E-state index in [4.69, 9.17) is 0 Å². The van der Waals surface area contributed by atoms with E-state index in [0.29, 0.717) is 11.1 Å². The molecule has 0 fully saturated rings. The fraction of sp³-hybridized carbons (Fsp3) is 0.391. The number of rotatable bonds is 6. The van der Waals surface area contributed by atoms with Gasteiger partial charge in [-0.3, -0.25) is 9.88 Å². The molecule has 0 saturated heterocycles. The van der Waals surface area contributed by atoms with E-state index in [1.807, 2.05) is 11.5 Å². The van der Waals surface area contributed by atoms with Crippen molar-refractivity contribution in [1.29, 1.82) is 0 Å². The van der Waals surface area contributed by atoms with E-state index in [-0.39, 0.29) is 17.7 Å². The van der Waals surface area contributed by atoms with Crippen LogP contribution in [0.3, 0.4) is 0 Å². The summed E-state index contributed by atoms with van der Waals surface area (Å²) in [5, 5.41) is 12.3. The highest BCUT2D eigenvalue weighted by molar-refractivity contribution is 5.50. The van der Waals surface area contributed by atoms with Crippen LogP contribution in [0.25, 0.3) is 5.69 Å². The summed E-state index contributed by atoms with van der Waals surface area (Å²) in [7, 11) is 0. The average Bonchev–Trinajstić information content (AvgIpc) is 3.12. The fourth-order valence-electron chi connectivity index (χ4n) is 4.17. The quantitative estimate of drug-likeness (QED) is 0.661. The van der Waals surface area contributed by atoms with Crippen molar-refractivity contribution in [1.82, 2.24) is 25.0 Å². The van der Waals surface area contributed by atoms with E-state index >= 15 is 0 Å². The third-order valence-electron chi connectivity index (χ3n) is 5.86. The van der Waals surface area contributed by atoms with E-state index in [1.165, 1.54) is 18.2 Å². The summed E-state index contributed by atoms with van der Waals surface area (Å²) in [5.74, 6) is 0.895. The average molecular weight is 412 g/mol. The van der Waals surface area contributed by atoms with Crippen LogP contribution in [-0.2, 0) is 6.42 Å². The van der Waals surface area contributed by atoms with Crippen molar-refractivity contribution >= 4 is 0 Å². The molecule has 3 aromatic rings. The first-order chi connectivity index (χ1) is 14.5. The van der Waals surface area contributed by atoms with Gasteiger partial charge in [-0.25, -0.2) is 8.78 Å². The largest absolute Gasteiger partial charge is 0.303 e. The lowest BCUT2D eigenvalue weighted by atomic mass is 9.96. The summed E-state index contributed by atoms with van der Waals surface area (Å²) in [6.45, 7) is 9.04. The van der Waals surface area contributed by atoms with Crippen LogP contribution in [0.5, 0.6) is 0 Å². The molecule has 0 radical (unpaired) electrons. The van der Waals surface area contributed by atoms with Gasteiger partial charge < -0.3 is 4.90 Å². The number of aromatic nitrogens is 3. The number of nitrogens with one attached hydrogen (secondary N) is 1. The van der Waals surface area contributed by atoms with Crippen LogP contribution >= 0.6 is 0 Å². The predicted molar refractivity (Wildman–Crippen MR) is 113 cm³/mol. The van der Waals surface area contributed by atoms with Crippen LogP contribution in [0.2, 0.25) is 0 Å². The summed E-state index contributed by atoms with van der Waals surface area (Å²) in [5.41, 5.74) is 1.95. The highest BCUT2D eigenvalue weighted by Crippen LogP contribution is 2.36. The Morgan fingerprint density at radius 1 is 1.03 bits per heavy atom. The zero-order valence-electron chi connectivity index (χ0n) is 17.6.